The molecule has 27 heavy (non-hydrogen) atoms. The second-order valence-electron chi connectivity index (χ2n) is 7.62. The lowest BCUT2D eigenvalue weighted by atomic mass is 9.83. The van der Waals surface area contributed by atoms with Crippen molar-refractivity contribution < 1.29 is 18.3 Å². The highest BCUT2D eigenvalue weighted by Gasteiger charge is 2.44. The number of halogens is 1. The minimum absolute atomic E-state index is 0.0941. The number of rotatable bonds is 1. The van der Waals surface area contributed by atoms with Crippen molar-refractivity contribution in [2.24, 2.45) is 0 Å². The van der Waals surface area contributed by atoms with E-state index >= 15 is 0 Å². The van der Waals surface area contributed by atoms with E-state index in [1.807, 2.05) is 32.0 Å². The highest BCUT2D eigenvalue weighted by Crippen LogP contribution is 2.49. The molecule has 1 aromatic heterocycles. The SMILES string of the molecule is CC1(C)O/C(=C2/C(=O)Nc3cc(F)ccc32)CC1c1ccc2occc2c1. The maximum absolute atomic E-state index is 13.5. The molecule has 3 aromatic rings. The van der Waals surface area contributed by atoms with Gasteiger partial charge in [0.05, 0.1) is 17.5 Å². The number of hydrogen-bond acceptors (Lipinski definition) is 3. The van der Waals surface area contributed by atoms with E-state index in [0.29, 0.717) is 29.0 Å². The molecule has 2 aliphatic heterocycles. The Balaban J connectivity index is 1.59. The third-order valence-electron chi connectivity index (χ3n) is 5.50. The zero-order chi connectivity index (χ0) is 18.8. The van der Waals surface area contributed by atoms with Crippen LogP contribution in [0.4, 0.5) is 10.1 Å². The van der Waals surface area contributed by atoms with Gasteiger partial charge in [-0.15, -0.1) is 0 Å². The number of carbonyl (C=O) groups excluding carboxylic acids is 1. The molecule has 1 saturated heterocycles. The van der Waals surface area contributed by atoms with Gasteiger partial charge < -0.3 is 14.5 Å². The summed E-state index contributed by atoms with van der Waals surface area (Å²) in [5.41, 5.74) is 3.21. The smallest absolute Gasteiger partial charge is 0.259 e. The summed E-state index contributed by atoms with van der Waals surface area (Å²) in [4.78, 5) is 12.5. The Morgan fingerprint density at radius 3 is 2.85 bits per heavy atom. The second-order valence-corrected chi connectivity index (χ2v) is 7.62. The van der Waals surface area contributed by atoms with E-state index in [2.05, 4.69) is 11.4 Å². The second kappa shape index (κ2) is 5.46. The van der Waals surface area contributed by atoms with Gasteiger partial charge in [-0.2, -0.15) is 0 Å². The van der Waals surface area contributed by atoms with Gasteiger partial charge in [-0.05, 0) is 55.8 Å². The van der Waals surface area contributed by atoms with Crippen LogP contribution in [0.3, 0.4) is 0 Å². The van der Waals surface area contributed by atoms with Crippen LogP contribution >= 0.6 is 0 Å². The molecule has 1 atom stereocenters. The van der Waals surface area contributed by atoms with Gasteiger partial charge in [-0.25, -0.2) is 4.39 Å². The molecule has 5 heteroatoms. The van der Waals surface area contributed by atoms with E-state index in [4.69, 9.17) is 9.15 Å². The van der Waals surface area contributed by atoms with Crippen molar-refractivity contribution in [3.05, 3.63) is 71.4 Å². The van der Waals surface area contributed by atoms with Crippen LogP contribution < -0.4 is 5.32 Å². The fraction of sp³-hybridized carbons (Fsp3) is 0.227. The van der Waals surface area contributed by atoms with Crippen LogP contribution in [0.1, 0.15) is 37.3 Å². The third-order valence-corrected chi connectivity index (χ3v) is 5.50. The van der Waals surface area contributed by atoms with Crippen LogP contribution in [0.2, 0.25) is 0 Å². The molecule has 136 valence electrons. The third kappa shape index (κ3) is 2.46. The summed E-state index contributed by atoms with van der Waals surface area (Å²) in [7, 11) is 0. The molecule has 0 bridgehead atoms. The van der Waals surface area contributed by atoms with E-state index in [1.54, 1.807) is 12.3 Å². The highest BCUT2D eigenvalue weighted by molar-refractivity contribution is 6.32. The van der Waals surface area contributed by atoms with Gasteiger partial charge in [0.2, 0.25) is 0 Å². The van der Waals surface area contributed by atoms with Crippen molar-refractivity contribution in [1.29, 1.82) is 0 Å². The van der Waals surface area contributed by atoms with Gasteiger partial charge in [0, 0.05) is 23.3 Å². The number of hydrogen-bond donors (Lipinski definition) is 1. The zero-order valence-corrected chi connectivity index (χ0v) is 15.0. The van der Waals surface area contributed by atoms with Crippen LogP contribution in [0, 0.1) is 5.82 Å². The van der Waals surface area contributed by atoms with E-state index in [9.17, 15) is 9.18 Å². The number of nitrogens with one attached hydrogen (secondary N) is 1. The zero-order valence-electron chi connectivity index (χ0n) is 15.0. The number of amides is 1. The van der Waals surface area contributed by atoms with E-state index < -0.39 is 5.60 Å². The number of ether oxygens (including phenoxy) is 1. The lowest BCUT2D eigenvalue weighted by molar-refractivity contribution is -0.111. The van der Waals surface area contributed by atoms with E-state index in [0.717, 1.165) is 16.5 Å². The lowest BCUT2D eigenvalue weighted by Crippen LogP contribution is -2.25. The predicted molar refractivity (Wildman–Crippen MR) is 101 cm³/mol. The Kier molecular flexibility index (Phi) is 3.26. The molecule has 1 fully saturated rings. The first-order chi connectivity index (χ1) is 12.9. The Hall–Kier alpha value is -3.08. The maximum atomic E-state index is 13.5. The number of benzene rings is 2. The van der Waals surface area contributed by atoms with Crippen molar-refractivity contribution in [2.45, 2.75) is 31.8 Å². The molecule has 1 N–H and O–H groups in total. The monoisotopic (exact) mass is 363 g/mol. The molecule has 2 aliphatic rings. The first-order valence-corrected chi connectivity index (χ1v) is 8.93. The van der Waals surface area contributed by atoms with Gasteiger partial charge in [-0.3, -0.25) is 4.79 Å². The van der Waals surface area contributed by atoms with Gasteiger partial charge in [-0.1, -0.05) is 6.07 Å². The number of carbonyl (C=O) groups is 1. The average Bonchev–Trinajstić information content (AvgIpc) is 3.28. The quantitative estimate of drug-likeness (QED) is 0.603. The predicted octanol–water partition coefficient (Wildman–Crippen LogP) is 5.22. The minimum Gasteiger partial charge on any atom is -0.491 e. The molecular formula is C22H18FNO3. The molecule has 1 unspecified atom stereocenters. The topological polar surface area (TPSA) is 51.5 Å². The Morgan fingerprint density at radius 2 is 2.00 bits per heavy atom. The van der Waals surface area contributed by atoms with Crippen LogP contribution in [0.25, 0.3) is 16.5 Å². The van der Waals surface area contributed by atoms with Gasteiger partial charge in [0.1, 0.15) is 22.8 Å². The van der Waals surface area contributed by atoms with Gasteiger partial charge in [0.25, 0.3) is 5.91 Å². The van der Waals surface area contributed by atoms with Crippen LogP contribution in [0.5, 0.6) is 0 Å². The number of allylic oxidation sites excluding steroid dienone is 1. The maximum Gasteiger partial charge on any atom is 0.259 e. The van der Waals surface area contributed by atoms with Crippen molar-refractivity contribution in [1.82, 2.24) is 0 Å². The summed E-state index contributed by atoms with van der Waals surface area (Å²) >= 11 is 0. The largest absolute Gasteiger partial charge is 0.491 e. The molecule has 0 radical (unpaired) electrons. The molecule has 3 heterocycles. The minimum atomic E-state index is -0.469. The fourth-order valence-corrected chi connectivity index (χ4v) is 4.16. The summed E-state index contributed by atoms with van der Waals surface area (Å²) in [6.07, 6.45) is 2.28. The van der Waals surface area contributed by atoms with E-state index in [1.165, 1.54) is 12.1 Å². The van der Waals surface area contributed by atoms with Crippen LogP contribution in [-0.4, -0.2) is 11.5 Å². The summed E-state index contributed by atoms with van der Waals surface area (Å²) in [5, 5.41) is 3.78. The van der Waals surface area contributed by atoms with Crippen LogP contribution in [-0.2, 0) is 9.53 Å². The molecule has 5 rings (SSSR count). The highest BCUT2D eigenvalue weighted by atomic mass is 19.1. The molecule has 0 aliphatic carbocycles. The Labute approximate surface area is 155 Å². The number of anilines is 1. The van der Waals surface area contributed by atoms with E-state index in [-0.39, 0.29) is 17.6 Å². The fourth-order valence-electron chi connectivity index (χ4n) is 4.16. The summed E-state index contributed by atoms with van der Waals surface area (Å²) < 4.78 is 25.2. The standard InChI is InChI=1S/C22H18FNO3/c1-22(2)16(12-3-6-18-13(9-12)7-8-26-18)11-19(27-22)20-15-5-4-14(23)10-17(15)24-21(20)25/h3-10,16H,11H2,1-2H3,(H,24,25)/b20-19+. The van der Waals surface area contributed by atoms with Crippen molar-refractivity contribution in [3.63, 3.8) is 0 Å². The molecule has 1 amide bonds. The normalized spacial score (nSPS) is 23.4. The average molecular weight is 363 g/mol. The molecule has 0 spiro atoms. The molecule has 0 saturated carbocycles. The first-order valence-electron chi connectivity index (χ1n) is 8.93. The first kappa shape index (κ1) is 16.1. The van der Waals surface area contributed by atoms with Gasteiger partial charge in [0.15, 0.2) is 0 Å². The van der Waals surface area contributed by atoms with Crippen LogP contribution in [0.15, 0.2) is 58.9 Å². The Morgan fingerprint density at radius 1 is 1.15 bits per heavy atom. The summed E-state index contributed by atoms with van der Waals surface area (Å²) in [5.74, 6) is 0.128. The number of fused-ring (bicyclic) bond motifs is 2. The summed E-state index contributed by atoms with van der Waals surface area (Å²) in [6, 6.07) is 12.4. The Bertz CT molecular complexity index is 1130. The van der Waals surface area contributed by atoms with Crippen molar-refractivity contribution in [2.75, 3.05) is 5.32 Å². The summed E-state index contributed by atoms with van der Waals surface area (Å²) in [6.45, 7) is 4.06. The van der Waals surface area contributed by atoms with Crippen molar-refractivity contribution in [3.8, 4) is 0 Å². The van der Waals surface area contributed by atoms with Gasteiger partial charge >= 0.3 is 0 Å². The lowest BCUT2D eigenvalue weighted by Gasteiger charge is -2.26. The molecule has 2 aromatic carbocycles. The number of furan rings is 1. The molecular weight excluding hydrogens is 345 g/mol. The molecule has 4 nitrogen and oxygen atoms in total. The van der Waals surface area contributed by atoms with Crippen molar-refractivity contribution >= 4 is 28.1 Å².